The van der Waals surface area contributed by atoms with Gasteiger partial charge in [-0.1, -0.05) is 27.7 Å². The molecular formula is C13H29NO. The molecule has 0 aromatic carbocycles. The Hall–Kier alpha value is -0.0800. The summed E-state index contributed by atoms with van der Waals surface area (Å²) in [5.41, 5.74) is 0. The molecule has 1 atom stereocenters. The van der Waals surface area contributed by atoms with Crippen LogP contribution in [0.15, 0.2) is 0 Å². The molecule has 0 rings (SSSR count). The summed E-state index contributed by atoms with van der Waals surface area (Å²) in [5, 5.41) is 9.44. The van der Waals surface area contributed by atoms with E-state index < -0.39 is 0 Å². The highest BCUT2D eigenvalue weighted by atomic mass is 16.3. The van der Waals surface area contributed by atoms with Crippen LogP contribution in [0.2, 0.25) is 0 Å². The van der Waals surface area contributed by atoms with Crippen LogP contribution in [0.3, 0.4) is 0 Å². The predicted molar refractivity (Wildman–Crippen MR) is 67.0 cm³/mol. The molecule has 2 heteroatoms. The fourth-order valence-corrected chi connectivity index (χ4v) is 1.91. The third kappa shape index (κ3) is 5.53. The summed E-state index contributed by atoms with van der Waals surface area (Å²) in [6.07, 6.45) is 1.21. The van der Waals surface area contributed by atoms with Crippen molar-refractivity contribution in [2.45, 2.75) is 60.0 Å². The smallest absolute Gasteiger partial charge is 0.0589 e. The number of aliphatic hydroxyl groups is 1. The number of aliphatic hydroxyl groups excluding tert-OH is 1. The van der Waals surface area contributed by atoms with Crippen LogP contribution in [0.5, 0.6) is 0 Å². The van der Waals surface area contributed by atoms with E-state index >= 15 is 0 Å². The zero-order valence-electron chi connectivity index (χ0n) is 11.3. The van der Waals surface area contributed by atoms with Crippen LogP contribution in [-0.2, 0) is 0 Å². The summed E-state index contributed by atoms with van der Waals surface area (Å²) in [7, 11) is 0. The lowest BCUT2D eigenvalue weighted by molar-refractivity contribution is 0.0625. The van der Waals surface area contributed by atoms with Crippen molar-refractivity contribution < 1.29 is 5.11 Å². The van der Waals surface area contributed by atoms with E-state index in [1.165, 1.54) is 6.42 Å². The number of rotatable bonds is 7. The van der Waals surface area contributed by atoms with Gasteiger partial charge < -0.3 is 5.11 Å². The lowest BCUT2D eigenvalue weighted by Gasteiger charge is -2.36. The molecule has 1 N–H and O–H groups in total. The highest BCUT2D eigenvalue weighted by Gasteiger charge is 2.23. The molecule has 0 fully saturated rings. The molecule has 0 saturated heterocycles. The number of hydrogen-bond donors (Lipinski definition) is 1. The Morgan fingerprint density at radius 3 is 1.80 bits per heavy atom. The van der Waals surface area contributed by atoms with Crippen molar-refractivity contribution >= 4 is 0 Å². The molecule has 0 spiro atoms. The molecule has 0 aliphatic heterocycles. The number of hydrogen-bond acceptors (Lipinski definition) is 2. The Kier molecular flexibility index (Phi) is 7.20. The fourth-order valence-electron chi connectivity index (χ4n) is 1.91. The van der Waals surface area contributed by atoms with Gasteiger partial charge in [0.25, 0.3) is 0 Å². The van der Waals surface area contributed by atoms with Crippen LogP contribution >= 0.6 is 0 Å². The van der Waals surface area contributed by atoms with Crippen molar-refractivity contribution in [3.8, 4) is 0 Å². The van der Waals surface area contributed by atoms with Crippen molar-refractivity contribution in [1.29, 1.82) is 0 Å². The molecule has 0 aromatic heterocycles. The van der Waals surface area contributed by atoms with E-state index in [1.807, 2.05) is 0 Å². The topological polar surface area (TPSA) is 23.5 Å². The Balaban J connectivity index is 4.35. The molecular weight excluding hydrogens is 186 g/mol. The van der Waals surface area contributed by atoms with E-state index in [2.05, 4.69) is 46.4 Å². The molecule has 0 heterocycles. The Morgan fingerprint density at radius 1 is 1.00 bits per heavy atom. The summed E-state index contributed by atoms with van der Waals surface area (Å²) in [6, 6.07) is 0.826. The molecule has 0 aromatic rings. The van der Waals surface area contributed by atoms with Gasteiger partial charge in [-0.25, -0.2) is 0 Å². The van der Waals surface area contributed by atoms with Crippen LogP contribution in [0, 0.1) is 11.8 Å². The Labute approximate surface area is 95.7 Å². The van der Waals surface area contributed by atoms with Gasteiger partial charge in [-0.05, 0) is 38.6 Å². The van der Waals surface area contributed by atoms with E-state index in [0.29, 0.717) is 18.0 Å². The summed E-state index contributed by atoms with van der Waals surface area (Å²) < 4.78 is 0. The highest BCUT2D eigenvalue weighted by molar-refractivity contribution is 4.77. The minimum Gasteiger partial charge on any atom is -0.395 e. The molecule has 0 radical (unpaired) electrons. The summed E-state index contributed by atoms with van der Waals surface area (Å²) >= 11 is 0. The molecule has 15 heavy (non-hydrogen) atoms. The summed E-state index contributed by atoms with van der Waals surface area (Å²) in [5.74, 6) is 1.25. The van der Waals surface area contributed by atoms with Gasteiger partial charge in [0.2, 0.25) is 0 Å². The Morgan fingerprint density at radius 2 is 1.53 bits per heavy atom. The van der Waals surface area contributed by atoms with Crippen LogP contribution < -0.4 is 0 Å². The zero-order chi connectivity index (χ0) is 12.0. The summed E-state index contributed by atoms with van der Waals surface area (Å²) in [4.78, 5) is 2.44. The van der Waals surface area contributed by atoms with Gasteiger partial charge in [0.05, 0.1) is 6.61 Å². The molecule has 0 amide bonds. The minimum absolute atomic E-state index is 0.272. The maximum atomic E-state index is 9.44. The second-order valence-corrected chi connectivity index (χ2v) is 5.51. The van der Waals surface area contributed by atoms with Gasteiger partial charge in [-0.2, -0.15) is 0 Å². The molecule has 0 aliphatic carbocycles. The first kappa shape index (κ1) is 14.9. The third-order valence-electron chi connectivity index (χ3n) is 3.01. The first-order chi connectivity index (χ1) is 6.90. The average Bonchev–Trinajstić information content (AvgIpc) is 2.10. The molecule has 0 aliphatic rings. The number of nitrogens with zero attached hydrogens (tertiary/aromatic N) is 1. The predicted octanol–water partition coefficient (Wildman–Crippen LogP) is 2.76. The van der Waals surface area contributed by atoms with Crippen molar-refractivity contribution in [3.63, 3.8) is 0 Å². The van der Waals surface area contributed by atoms with Gasteiger partial charge in [-0.3, -0.25) is 4.90 Å². The van der Waals surface area contributed by atoms with Crippen LogP contribution in [0.25, 0.3) is 0 Å². The van der Waals surface area contributed by atoms with Gasteiger partial charge in [0, 0.05) is 12.1 Å². The zero-order valence-corrected chi connectivity index (χ0v) is 11.3. The lowest BCUT2D eigenvalue weighted by atomic mass is 10.0. The van der Waals surface area contributed by atoms with E-state index in [9.17, 15) is 5.11 Å². The van der Waals surface area contributed by atoms with Crippen LogP contribution in [0.1, 0.15) is 48.0 Å². The summed E-state index contributed by atoms with van der Waals surface area (Å²) in [6.45, 7) is 14.7. The Bertz CT molecular complexity index is 155. The van der Waals surface area contributed by atoms with E-state index in [0.717, 1.165) is 12.5 Å². The second-order valence-electron chi connectivity index (χ2n) is 5.51. The highest BCUT2D eigenvalue weighted by Crippen LogP contribution is 2.15. The first-order valence-electron chi connectivity index (χ1n) is 6.26. The van der Waals surface area contributed by atoms with E-state index in [4.69, 9.17) is 0 Å². The fraction of sp³-hybridized carbons (Fsp3) is 1.00. The standard InChI is InChI=1S/C13H29NO/c1-10(2)7-8-14(12(5)6)13(9-15)11(3)4/h10-13,15H,7-9H2,1-6H3. The van der Waals surface area contributed by atoms with E-state index in [1.54, 1.807) is 0 Å². The first-order valence-corrected chi connectivity index (χ1v) is 6.26. The molecule has 1 unspecified atom stereocenters. The van der Waals surface area contributed by atoms with Crippen molar-refractivity contribution in [1.82, 2.24) is 4.90 Å². The largest absolute Gasteiger partial charge is 0.395 e. The van der Waals surface area contributed by atoms with Crippen molar-refractivity contribution in [2.75, 3.05) is 13.2 Å². The monoisotopic (exact) mass is 215 g/mol. The van der Waals surface area contributed by atoms with Gasteiger partial charge in [0.1, 0.15) is 0 Å². The van der Waals surface area contributed by atoms with Gasteiger partial charge in [-0.15, -0.1) is 0 Å². The molecule has 2 nitrogen and oxygen atoms in total. The van der Waals surface area contributed by atoms with E-state index in [-0.39, 0.29) is 6.61 Å². The average molecular weight is 215 g/mol. The van der Waals surface area contributed by atoms with Crippen molar-refractivity contribution in [2.24, 2.45) is 11.8 Å². The maximum absolute atomic E-state index is 9.44. The normalized spacial score (nSPS) is 14.6. The lowest BCUT2D eigenvalue weighted by Crippen LogP contribution is -2.46. The molecule has 92 valence electrons. The van der Waals surface area contributed by atoms with Crippen LogP contribution in [0.4, 0.5) is 0 Å². The SMILES string of the molecule is CC(C)CCN(C(C)C)C(CO)C(C)C. The molecule has 0 saturated carbocycles. The van der Waals surface area contributed by atoms with Crippen LogP contribution in [-0.4, -0.2) is 35.2 Å². The quantitative estimate of drug-likeness (QED) is 0.706. The third-order valence-corrected chi connectivity index (χ3v) is 3.01. The molecule has 0 bridgehead atoms. The minimum atomic E-state index is 0.272. The van der Waals surface area contributed by atoms with Gasteiger partial charge in [0.15, 0.2) is 0 Å². The van der Waals surface area contributed by atoms with Gasteiger partial charge >= 0.3 is 0 Å². The maximum Gasteiger partial charge on any atom is 0.0589 e. The second kappa shape index (κ2) is 7.24. The van der Waals surface area contributed by atoms with Crippen molar-refractivity contribution in [3.05, 3.63) is 0 Å².